The molecule has 0 spiro atoms. The Kier molecular flexibility index (Phi) is 8.36. The number of sulfonamides is 1. The lowest BCUT2D eigenvalue weighted by atomic mass is 9.97. The number of nitrogens with two attached hydrogens (primary N) is 1. The summed E-state index contributed by atoms with van der Waals surface area (Å²) in [7, 11) is -3.26. The molecule has 4 N–H and O–H groups in total. The monoisotopic (exact) mass is 536 g/mol. The van der Waals surface area contributed by atoms with Crippen LogP contribution in [0.25, 0.3) is 0 Å². The van der Waals surface area contributed by atoms with E-state index in [0.29, 0.717) is 70.4 Å². The van der Waals surface area contributed by atoms with Crippen molar-refractivity contribution in [1.82, 2.24) is 19.0 Å². The van der Waals surface area contributed by atoms with Crippen LogP contribution in [0.2, 0.25) is 0 Å². The van der Waals surface area contributed by atoms with E-state index in [4.69, 9.17) is 10.8 Å². The first-order valence-corrected chi connectivity index (χ1v) is 14.5. The number of amides is 3. The lowest BCUT2D eigenvalue weighted by Crippen LogP contribution is -2.53. The Morgan fingerprint density at radius 3 is 2.19 bits per heavy atom. The van der Waals surface area contributed by atoms with Crippen LogP contribution < -0.4 is 11.1 Å². The molecule has 13 heteroatoms. The van der Waals surface area contributed by atoms with Gasteiger partial charge in [0.1, 0.15) is 6.04 Å². The molecule has 3 saturated heterocycles. The van der Waals surface area contributed by atoms with Gasteiger partial charge in [-0.25, -0.2) is 18.0 Å². The summed E-state index contributed by atoms with van der Waals surface area (Å²) >= 11 is 0. The third-order valence-electron chi connectivity index (χ3n) is 7.70. The predicted octanol–water partition coefficient (Wildman–Crippen LogP) is 0.134. The third-order valence-corrected chi connectivity index (χ3v) is 9.01. The Morgan fingerprint density at radius 1 is 1.03 bits per heavy atom. The number of nitrogens with zero attached hydrogens (tertiary/aromatic N) is 4. The van der Waals surface area contributed by atoms with Crippen LogP contribution in [-0.2, 0) is 14.8 Å². The molecule has 0 bridgehead atoms. The summed E-state index contributed by atoms with van der Waals surface area (Å²) in [4.78, 5) is 43.7. The first-order valence-electron chi connectivity index (χ1n) is 12.7. The molecule has 3 fully saturated rings. The number of piperidine rings is 1. The molecular weight excluding hydrogens is 500 g/mol. The smallest absolute Gasteiger partial charge is 0.335 e. The molecule has 3 heterocycles. The zero-order valence-electron chi connectivity index (χ0n) is 21.1. The second kappa shape index (κ2) is 11.3. The van der Waals surface area contributed by atoms with E-state index < -0.39 is 22.0 Å². The summed E-state index contributed by atoms with van der Waals surface area (Å²) < 4.78 is 25.3. The predicted molar refractivity (Wildman–Crippen MR) is 138 cm³/mol. The van der Waals surface area contributed by atoms with Crippen LogP contribution >= 0.6 is 0 Å². The van der Waals surface area contributed by atoms with Gasteiger partial charge in [0, 0.05) is 57.5 Å². The number of hydrogen-bond donors (Lipinski definition) is 3. The maximum atomic E-state index is 13.6. The van der Waals surface area contributed by atoms with Crippen molar-refractivity contribution in [2.24, 2.45) is 11.7 Å². The normalized spacial score (nSPS) is 24.3. The van der Waals surface area contributed by atoms with Crippen LogP contribution in [-0.4, -0.2) is 121 Å². The summed E-state index contributed by atoms with van der Waals surface area (Å²) in [5.41, 5.74) is 6.37. The Bertz CT molecular complexity index is 1100. The van der Waals surface area contributed by atoms with Gasteiger partial charge >= 0.3 is 12.0 Å². The van der Waals surface area contributed by atoms with Crippen LogP contribution in [0.5, 0.6) is 0 Å². The number of aromatic carboxylic acids is 1. The van der Waals surface area contributed by atoms with Crippen LogP contribution in [0.1, 0.15) is 29.6 Å². The Labute approximate surface area is 217 Å². The van der Waals surface area contributed by atoms with Crippen LogP contribution in [0, 0.1) is 5.92 Å². The van der Waals surface area contributed by atoms with E-state index in [-0.39, 0.29) is 23.5 Å². The number of rotatable bonds is 6. The van der Waals surface area contributed by atoms with Crippen molar-refractivity contribution in [2.45, 2.75) is 31.3 Å². The number of carbonyl (C=O) groups excluding carboxylic acids is 2. The maximum absolute atomic E-state index is 13.6. The quantitative estimate of drug-likeness (QED) is 0.463. The van der Waals surface area contributed by atoms with Gasteiger partial charge in [-0.05, 0) is 56.0 Å². The van der Waals surface area contributed by atoms with E-state index in [1.54, 1.807) is 9.80 Å². The minimum absolute atomic E-state index is 0.0719. The van der Waals surface area contributed by atoms with Gasteiger partial charge in [-0.2, -0.15) is 4.31 Å². The second-order valence-corrected chi connectivity index (χ2v) is 12.1. The zero-order valence-corrected chi connectivity index (χ0v) is 21.9. The van der Waals surface area contributed by atoms with Gasteiger partial charge in [0.15, 0.2) is 0 Å². The molecule has 12 nitrogen and oxygen atoms in total. The Balaban J connectivity index is 1.47. The molecule has 1 aromatic rings. The minimum atomic E-state index is -3.26. The molecular formula is C24H36N6O6S. The topological polar surface area (TPSA) is 157 Å². The molecule has 1 aromatic carbocycles. The van der Waals surface area contributed by atoms with Crippen LogP contribution in [0.3, 0.4) is 0 Å². The summed E-state index contributed by atoms with van der Waals surface area (Å²) in [6.45, 7) is 3.99. The number of carboxylic acid groups (broad SMARTS) is 1. The number of hydrogen-bond acceptors (Lipinski definition) is 7. The van der Waals surface area contributed by atoms with Gasteiger partial charge in [0.2, 0.25) is 15.9 Å². The van der Waals surface area contributed by atoms with Crippen molar-refractivity contribution in [2.75, 3.05) is 63.9 Å². The minimum Gasteiger partial charge on any atom is -0.478 e. The number of nitrogens with one attached hydrogen (secondary N) is 1. The molecule has 3 aliphatic rings. The van der Waals surface area contributed by atoms with Gasteiger partial charge in [0.25, 0.3) is 0 Å². The summed E-state index contributed by atoms with van der Waals surface area (Å²) in [5, 5.41) is 11.9. The number of likely N-dealkylation sites (tertiary alicyclic amines) is 2. The number of carbonyl (C=O) groups is 3. The Hall–Kier alpha value is -2.74. The van der Waals surface area contributed by atoms with Crippen molar-refractivity contribution in [3.63, 3.8) is 0 Å². The van der Waals surface area contributed by atoms with Crippen molar-refractivity contribution in [1.29, 1.82) is 0 Å². The molecule has 0 saturated carbocycles. The number of carboxylic acids is 1. The van der Waals surface area contributed by atoms with E-state index in [1.165, 1.54) is 34.8 Å². The molecule has 2 unspecified atom stereocenters. The van der Waals surface area contributed by atoms with E-state index in [1.807, 2.05) is 0 Å². The average molecular weight is 537 g/mol. The first kappa shape index (κ1) is 27.3. The fraction of sp³-hybridized carbons (Fsp3) is 0.625. The molecule has 0 radical (unpaired) electrons. The highest BCUT2D eigenvalue weighted by Crippen LogP contribution is 2.28. The molecule has 37 heavy (non-hydrogen) atoms. The molecule has 0 aromatic heterocycles. The third kappa shape index (κ3) is 6.40. The molecule has 3 aliphatic heterocycles. The fourth-order valence-corrected chi connectivity index (χ4v) is 6.23. The SMILES string of the molecule is CS(=O)(=O)N1CCN(C2CC(C(=O)Nc3ccc(C(=O)O)cc3)N(C(=O)N3CCC(CN)CC3)C2)CC1. The largest absolute Gasteiger partial charge is 0.478 e. The standard InChI is InChI=1S/C24H36N6O6S/c1-37(35,36)29-12-10-27(11-13-29)20-14-21(22(31)26-19-4-2-18(3-5-19)23(32)33)30(16-20)24(34)28-8-6-17(15-25)7-9-28/h2-5,17,20-21H,6-16,25H2,1H3,(H,26,31)(H,32,33). The van der Waals surface area contributed by atoms with Gasteiger partial charge in [-0.15, -0.1) is 0 Å². The van der Waals surface area contributed by atoms with Crippen LogP contribution in [0.4, 0.5) is 10.5 Å². The highest BCUT2D eigenvalue weighted by atomic mass is 32.2. The van der Waals surface area contributed by atoms with E-state index in [9.17, 15) is 22.8 Å². The molecule has 2 atom stereocenters. The lowest BCUT2D eigenvalue weighted by molar-refractivity contribution is -0.119. The van der Waals surface area contributed by atoms with Gasteiger partial charge in [-0.3, -0.25) is 9.69 Å². The van der Waals surface area contributed by atoms with Crippen LogP contribution in [0.15, 0.2) is 24.3 Å². The highest BCUT2D eigenvalue weighted by molar-refractivity contribution is 7.88. The maximum Gasteiger partial charge on any atom is 0.335 e. The molecule has 4 rings (SSSR count). The number of benzene rings is 1. The number of urea groups is 1. The van der Waals surface area contributed by atoms with Crippen molar-refractivity contribution >= 4 is 33.6 Å². The summed E-state index contributed by atoms with van der Waals surface area (Å²) in [5.74, 6) is -0.984. The summed E-state index contributed by atoms with van der Waals surface area (Å²) in [6.07, 6.45) is 3.30. The van der Waals surface area contributed by atoms with E-state index in [2.05, 4.69) is 10.2 Å². The van der Waals surface area contributed by atoms with Crippen molar-refractivity contribution in [3.8, 4) is 0 Å². The molecule has 204 valence electrons. The zero-order chi connectivity index (χ0) is 26.7. The molecule has 0 aliphatic carbocycles. The number of anilines is 1. The van der Waals surface area contributed by atoms with Crippen molar-refractivity contribution in [3.05, 3.63) is 29.8 Å². The summed E-state index contributed by atoms with van der Waals surface area (Å²) in [6, 6.07) is 4.95. The lowest BCUT2D eigenvalue weighted by Gasteiger charge is -2.37. The van der Waals surface area contributed by atoms with E-state index in [0.717, 1.165) is 12.8 Å². The highest BCUT2D eigenvalue weighted by Gasteiger charge is 2.44. The van der Waals surface area contributed by atoms with Gasteiger partial charge in [0.05, 0.1) is 11.8 Å². The first-order chi connectivity index (χ1) is 17.6. The second-order valence-electron chi connectivity index (χ2n) is 10.1. The average Bonchev–Trinajstić information content (AvgIpc) is 3.34. The Morgan fingerprint density at radius 2 is 1.65 bits per heavy atom. The van der Waals surface area contributed by atoms with E-state index >= 15 is 0 Å². The van der Waals surface area contributed by atoms with Gasteiger partial charge < -0.3 is 26.0 Å². The van der Waals surface area contributed by atoms with Crippen molar-refractivity contribution < 1.29 is 27.9 Å². The molecule has 3 amide bonds. The fourth-order valence-electron chi connectivity index (χ4n) is 5.40. The van der Waals surface area contributed by atoms with Gasteiger partial charge in [-0.1, -0.05) is 0 Å². The number of piperazine rings is 1.